The summed E-state index contributed by atoms with van der Waals surface area (Å²) < 4.78 is 22.6. The van der Waals surface area contributed by atoms with Crippen LogP contribution in [0.4, 0.5) is 21.6 Å². The molecule has 1 aliphatic carbocycles. The first kappa shape index (κ1) is 34.4. The van der Waals surface area contributed by atoms with Crippen molar-refractivity contribution in [3.05, 3.63) is 60.4 Å². The number of hydrogen-bond acceptors (Lipinski definition) is 8. The minimum atomic E-state index is -0.680. The van der Waals surface area contributed by atoms with Gasteiger partial charge in [-0.2, -0.15) is 0 Å². The van der Waals surface area contributed by atoms with Gasteiger partial charge in [-0.1, -0.05) is 26.0 Å². The number of likely N-dealkylation sites (tertiary alicyclic amines) is 2. The number of fused-ring (bicyclic) bond motifs is 3. The average molecular weight is 721 g/mol. The zero-order valence-electron chi connectivity index (χ0n) is 31.1. The predicted molar refractivity (Wildman–Crippen MR) is 202 cm³/mol. The van der Waals surface area contributed by atoms with Gasteiger partial charge in [0.2, 0.25) is 5.91 Å². The van der Waals surface area contributed by atoms with Gasteiger partial charge < -0.3 is 24.4 Å². The molecule has 1 saturated carbocycles. The molecule has 9 rings (SSSR count). The number of amides is 2. The van der Waals surface area contributed by atoms with Crippen LogP contribution in [0.3, 0.4) is 0 Å². The first-order chi connectivity index (χ1) is 25.5. The van der Waals surface area contributed by atoms with E-state index in [-0.39, 0.29) is 35.7 Å². The van der Waals surface area contributed by atoms with Crippen molar-refractivity contribution in [3.63, 3.8) is 0 Å². The van der Waals surface area contributed by atoms with Gasteiger partial charge in [0.25, 0.3) is 5.91 Å². The number of hydrogen-bond donors (Lipinski definition) is 1. The van der Waals surface area contributed by atoms with Gasteiger partial charge in [0.05, 0.1) is 34.8 Å². The Morgan fingerprint density at radius 2 is 1.87 bits per heavy atom. The fraction of sp³-hybridized carbons (Fsp3) is 0.537. The number of rotatable bonds is 7. The summed E-state index contributed by atoms with van der Waals surface area (Å²) >= 11 is 0. The van der Waals surface area contributed by atoms with E-state index in [0.717, 1.165) is 66.6 Å². The van der Waals surface area contributed by atoms with Crippen LogP contribution in [0.1, 0.15) is 84.2 Å². The van der Waals surface area contributed by atoms with Gasteiger partial charge in [0.1, 0.15) is 11.6 Å². The van der Waals surface area contributed by atoms with Crippen molar-refractivity contribution in [2.45, 2.75) is 102 Å². The minimum absolute atomic E-state index is 0.0584. The monoisotopic (exact) mass is 720 g/mol. The second-order valence-electron chi connectivity index (χ2n) is 16.9. The fourth-order valence-corrected chi connectivity index (χ4v) is 9.51. The van der Waals surface area contributed by atoms with Crippen molar-refractivity contribution in [2.75, 3.05) is 43.0 Å². The number of imidazole rings is 1. The normalized spacial score (nSPS) is 25.1. The van der Waals surface area contributed by atoms with E-state index in [1.807, 2.05) is 15.5 Å². The van der Waals surface area contributed by atoms with Gasteiger partial charge in [-0.15, -0.1) is 0 Å². The molecule has 1 atom stereocenters. The van der Waals surface area contributed by atoms with Gasteiger partial charge in [-0.05, 0) is 94.5 Å². The Morgan fingerprint density at radius 3 is 2.57 bits per heavy atom. The van der Waals surface area contributed by atoms with E-state index in [1.54, 1.807) is 18.6 Å². The van der Waals surface area contributed by atoms with Gasteiger partial charge in [0.15, 0.2) is 11.6 Å². The molecule has 0 radical (unpaired) electrons. The van der Waals surface area contributed by atoms with Crippen LogP contribution in [0.5, 0.6) is 0 Å². The molecular formula is C41H49FN8O3. The van der Waals surface area contributed by atoms with Gasteiger partial charge >= 0.3 is 0 Å². The molecule has 0 unspecified atom stereocenters. The smallest absolute Gasteiger partial charge is 0.251 e. The standard InChI is InChI=1S/C41H49FN8O3/c1-25(2)49-24-44-33-21-32(46-37(36(33)49)45-31-9-13-43-22-30(31)42)26-7-8-29-34(18-26)50(28-19-27(20-28)48-14-10-40(3,4)23-48)39(52)41(29)11-15-47(16-12-41)38(51)35-6-5-17-53-35/h7-9,13,18,21-22,24-25,27-28,35H,5-6,10-12,14-17,19-20,23H2,1-4H3,(H,43,45,46)/t27-,28+,35-/m0/s1. The Morgan fingerprint density at radius 1 is 1.06 bits per heavy atom. The Bertz CT molecular complexity index is 2080. The number of ether oxygens (including phenoxy) is 1. The summed E-state index contributed by atoms with van der Waals surface area (Å²) in [6.45, 7) is 12.7. The maximum atomic E-state index is 14.9. The molecule has 3 aromatic heterocycles. The number of nitrogens with one attached hydrogen (secondary N) is 1. The Hall–Kier alpha value is -4.42. The van der Waals surface area contributed by atoms with Gasteiger partial charge in [-0.25, -0.2) is 14.4 Å². The van der Waals surface area contributed by atoms with Crippen molar-refractivity contribution in [1.29, 1.82) is 0 Å². The Balaban J connectivity index is 1.08. The molecule has 1 N–H and O–H groups in total. The molecule has 278 valence electrons. The third kappa shape index (κ3) is 5.80. The topological polar surface area (TPSA) is 109 Å². The van der Waals surface area contributed by atoms with Crippen LogP contribution in [0.25, 0.3) is 22.3 Å². The molecule has 3 saturated heterocycles. The summed E-state index contributed by atoms with van der Waals surface area (Å²) in [5.74, 6) is 0.245. The largest absolute Gasteiger partial charge is 0.368 e. The minimum Gasteiger partial charge on any atom is -0.368 e. The summed E-state index contributed by atoms with van der Waals surface area (Å²) in [5.41, 5.74) is 4.98. The molecule has 0 bridgehead atoms. The number of anilines is 3. The quantitative estimate of drug-likeness (QED) is 0.228. The zero-order chi connectivity index (χ0) is 36.6. The number of carbonyl (C=O) groups excluding carboxylic acids is 2. The maximum Gasteiger partial charge on any atom is 0.251 e. The number of benzene rings is 1. The van der Waals surface area contributed by atoms with Gasteiger partial charge in [-0.3, -0.25) is 19.5 Å². The lowest BCUT2D eigenvalue weighted by molar-refractivity contribution is -0.144. The van der Waals surface area contributed by atoms with E-state index in [0.29, 0.717) is 55.5 Å². The highest BCUT2D eigenvalue weighted by Crippen LogP contribution is 2.52. The van der Waals surface area contributed by atoms with Crippen LogP contribution in [0.15, 0.2) is 49.1 Å². The molecule has 1 spiro atoms. The van der Waals surface area contributed by atoms with E-state index < -0.39 is 11.2 Å². The highest BCUT2D eigenvalue weighted by molar-refractivity contribution is 6.09. The molecule has 2 amide bonds. The molecule has 7 heterocycles. The molecule has 11 nitrogen and oxygen atoms in total. The number of nitrogens with zero attached hydrogens (tertiary/aromatic N) is 7. The van der Waals surface area contributed by atoms with Crippen LogP contribution in [-0.2, 0) is 19.7 Å². The molecule has 1 aromatic carbocycles. The van der Waals surface area contributed by atoms with Crippen LogP contribution in [-0.4, -0.2) is 92.1 Å². The summed E-state index contributed by atoms with van der Waals surface area (Å²) in [6, 6.07) is 10.6. The second kappa shape index (κ2) is 12.9. The molecule has 4 fully saturated rings. The van der Waals surface area contributed by atoms with E-state index in [1.165, 1.54) is 12.6 Å². The molecule has 4 aliphatic heterocycles. The molecular weight excluding hydrogens is 672 g/mol. The third-order valence-electron chi connectivity index (χ3n) is 12.6. The molecule has 12 heteroatoms. The average Bonchev–Trinajstić information content (AvgIpc) is 3.93. The van der Waals surface area contributed by atoms with Crippen molar-refractivity contribution in [2.24, 2.45) is 5.41 Å². The van der Waals surface area contributed by atoms with Crippen LogP contribution in [0, 0.1) is 11.2 Å². The second-order valence-corrected chi connectivity index (χ2v) is 16.9. The van der Waals surface area contributed by atoms with Crippen LogP contribution in [0.2, 0.25) is 0 Å². The van der Waals surface area contributed by atoms with E-state index in [4.69, 9.17) is 14.7 Å². The Labute approximate surface area is 309 Å². The van der Waals surface area contributed by atoms with Crippen molar-refractivity contribution < 1.29 is 18.7 Å². The number of pyridine rings is 2. The fourth-order valence-electron chi connectivity index (χ4n) is 9.51. The number of carbonyl (C=O) groups is 2. The summed E-state index contributed by atoms with van der Waals surface area (Å²) in [7, 11) is 0. The first-order valence-corrected chi connectivity index (χ1v) is 19.4. The zero-order valence-corrected chi connectivity index (χ0v) is 31.1. The first-order valence-electron chi connectivity index (χ1n) is 19.4. The predicted octanol–water partition coefficient (Wildman–Crippen LogP) is 6.61. The van der Waals surface area contributed by atoms with Crippen LogP contribution < -0.4 is 10.2 Å². The lowest BCUT2D eigenvalue weighted by Crippen LogP contribution is -2.58. The van der Waals surface area contributed by atoms with Crippen molar-refractivity contribution >= 4 is 40.0 Å². The summed E-state index contributed by atoms with van der Waals surface area (Å²) in [4.78, 5) is 48.6. The number of aromatic nitrogens is 4. The maximum absolute atomic E-state index is 14.9. The Kier molecular flexibility index (Phi) is 8.34. The number of piperidine rings is 1. The van der Waals surface area contributed by atoms with E-state index in [9.17, 15) is 14.0 Å². The molecule has 5 aliphatic rings. The highest BCUT2D eigenvalue weighted by Gasteiger charge is 2.56. The van der Waals surface area contributed by atoms with Crippen LogP contribution >= 0.6 is 0 Å². The summed E-state index contributed by atoms with van der Waals surface area (Å²) in [6.07, 6.45) is 10.1. The lowest BCUT2D eigenvalue weighted by atomic mass is 9.73. The molecule has 53 heavy (non-hydrogen) atoms. The van der Waals surface area contributed by atoms with E-state index >= 15 is 0 Å². The highest BCUT2D eigenvalue weighted by atomic mass is 19.1. The van der Waals surface area contributed by atoms with Gasteiger partial charge in [0, 0.05) is 61.8 Å². The third-order valence-corrected chi connectivity index (χ3v) is 12.6. The number of halogens is 1. The SMILES string of the molecule is CC(C)n1cnc2cc(-c3ccc4c(c3)N([C@H]3C[C@@H](N5CCC(C)(C)C5)C3)C(=O)C43CCN(C(=O)[C@@H]4CCCO4)CC3)nc(Nc3ccncc3F)c21. The van der Waals surface area contributed by atoms with E-state index in [2.05, 4.69) is 66.0 Å². The molecule has 4 aromatic rings. The van der Waals surface area contributed by atoms with Crippen molar-refractivity contribution in [1.82, 2.24) is 29.3 Å². The summed E-state index contributed by atoms with van der Waals surface area (Å²) in [5, 5.41) is 3.23. The van der Waals surface area contributed by atoms with Crippen molar-refractivity contribution in [3.8, 4) is 11.3 Å². The lowest BCUT2D eigenvalue weighted by Gasteiger charge is -2.46.